The van der Waals surface area contributed by atoms with Crippen molar-refractivity contribution >= 4 is 0 Å². The first-order valence-electron chi connectivity index (χ1n) is 4.83. The lowest BCUT2D eigenvalue weighted by molar-refractivity contribution is -0.00192. The molecule has 14 heavy (non-hydrogen) atoms. The number of aromatic nitrogens is 3. The lowest BCUT2D eigenvalue weighted by Crippen LogP contribution is -2.23. The molecular weight excluding hydrogens is 182 g/mol. The van der Waals surface area contributed by atoms with Crippen molar-refractivity contribution in [1.82, 2.24) is 14.8 Å². The minimum Gasteiger partial charge on any atom is -0.390 e. The van der Waals surface area contributed by atoms with E-state index in [0.717, 1.165) is 18.7 Å². The highest BCUT2D eigenvalue weighted by molar-refractivity contribution is 5.01. The topological polar surface area (TPSA) is 71.2 Å². The molecule has 1 aromatic rings. The summed E-state index contributed by atoms with van der Waals surface area (Å²) in [5.74, 6) is 1.42. The molecule has 2 rings (SSSR count). The minimum atomic E-state index is -0.909. The molecule has 1 saturated carbocycles. The van der Waals surface area contributed by atoms with Gasteiger partial charge < -0.3 is 14.8 Å². The Balaban J connectivity index is 2.17. The third-order valence-electron chi connectivity index (χ3n) is 2.82. The van der Waals surface area contributed by atoms with Gasteiger partial charge in [0.15, 0.2) is 5.82 Å². The first kappa shape index (κ1) is 9.61. The molecule has 0 radical (unpaired) electrons. The molecule has 0 amide bonds. The fourth-order valence-corrected chi connectivity index (χ4v) is 1.53. The Morgan fingerprint density at radius 3 is 2.43 bits per heavy atom. The van der Waals surface area contributed by atoms with Crippen molar-refractivity contribution in [3.63, 3.8) is 0 Å². The van der Waals surface area contributed by atoms with Crippen LogP contribution in [0.2, 0.25) is 0 Å². The highest BCUT2D eigenvalue weighted by Gasteiger charge is 2.37. The Hall–Kier alpha value is -0.940. The Bertz CT molecular complexity index is 333. The summed E-state index contributed by atoms with van der Waals surface area (Å²) in [7, 11) is 1.79. The van der Waals surface area contributed by atoms with Crippen LogP contribution in [0.5, 0.6) is 0 Å². The molecule has 5 nitrogen and oxygen atoms in total. The predicted molar refractivity (Wildman–Crippen MR) is 49.4 cm³/mol. The van der Waals surface area contributed by atoms with Crippen molar-refractivity contribution in [1.29, 1.82) is 0 Å². The van der Waals surface area contributed by atoms with Gasteiger partial charge in [0.1, 0.15) is 11.9 Å². The summed E-state index contributed by atoms with van der Waals surface area (Å²) in [4.78, 5) is 0. The first-order chi connectivity index (χ1) is 6.61. The maximum atomic E-state index is 9.82. The second kappa shape index (κ2) is 3.33. The summed E-state index contributed by atoms with van der Waals surface area (Å²) in [5.41, 5.74) is 0. The Labute approximate surface area is 82.4 Å². The summed E-state index contributed by atoms with van der Waals surface area (Å²) in [6.07, 6.45) is 0.385. The molecule has 1 heterocycles. The fraction of sp³-hybridized carbons (Fsp3) is 0.778. The van der Waals surface area contributed by atoms with Crippen molar-refractivity contribution < 1.29 is 10.2 Å². The van der Waals surface area contributed by atoms with Crippen LogP contribution >= 0.6 is 0 Å². The van der Waals surface area contributed by atoms with E-state index >= 15 is 0 Å². The van der Waals surface area contributed by atoms with Gasteiger partial charge in [-0.05, 0) is 25.7 Å². The van der Waals surface area contributed by atoms with Gasteiger partial charge in [0, 0.05) is 7.05 Å². The zero-order valence-electron chi connectivity index (χ0n) is 8.38. The second-order valence-electron chi connectivity index (χ2n) is 3.94. The molecule has 2 N–H and O–H groups in total. The molecule has 5 heteroatoms. The molecular formula is C9H15N3O2. The van der Waals surface area contributed by atoms with Crippen LogP contribution in [-0.4, -0.2) is 31.1 Å². The van der Waals surface area contributed by atoms with E-state index in [0.29, 0.717) is 5.82 Å². The zero-order valence-corrected chi connectivity index (χ0v) is 8.38. The van der Waals surface area contributed by atoms with E-state index in [9.17, 15) is 10.2 Å². The second-order valence-corrected chi connectivity index (χ2v) is 3.94. The largest absolute Gasteiger partial charge is 0.390 e. The minimum absolute atomic E-state index is 0.238. The Morgan fingerprint density at radius 2 is 2.00 bits per heavy atom. The molecule has 2 unspecified atom stereocenters. The van der Waals surface area contributed by atoms with Crippen LogP contribution in [0.25, 0.3) is 0 Å². The number of rotatable bonds is 3. The molecule has 1 aromatic heterocycles. The van der Waals surface area contributed by atoms with Gasteiger partial charge in [-0.15, -0.1) is 10.2 Å². The van der Waals surface area contributed by atoms with Crippen LogP contribution in [0.15, 0.2) is 0 Å². The zero-order chi connectivity index (χ0) is 10.3. The van der Waals surface area contributed by atoms with Gasteiger partial charge in [-0.2, -0.15) is 0 Å². The van der Waals surface area contributed by atoms with Crippen molar-refractivity contribution in [2.24, 2.45) is 13.0 Å². The van der Waals surface area contributed by atoms with Crippen molar-refractivity contribution in [2.75, 3.05) is 0 Å². The van der Waals surface area contributed by atoms with Gasteiger partial charge in [0.2, 0.25) is 0 Å². The maximum absolute atomic E-state index is 9.82. The quantitative estimate of drug-likeness (QED) is 0.711. The maximum Gasteiger partial charge on any atom is 0.164 e. The van der Waals surface area contributed by atoms with Crippen molar-refractivity contribution in [3.05, 3.63) is 11.6 Å². The molecule has 0 aliphatic heterocycles. The summed E-state index contributed by atoms with van der Waals surface area (Å²) in [6, 6.07) is 0. The molecule has 78 valence electrons. The van der Waals surface area contributed by atoms with Crippen molar-refractivity contribution in [2.45, 2.75) is 32.0 Å². The fourth-order valence-electron chi connectivity index (χ4n) is 1.53. The lowest BCUT2D eigenvalue weighted by atomic mass is 10.1. The summed E-state index contributed by atoms with van der Waals surface area (Å²) >= 11 is 0. The number of hydrogen-bond donors (Lipinski definition) is 2. The van der Waals surface area contributed by atoms with E-state index in [1.165, 1.54) is 0 Å². The SMILES string of the molecule is Cc1nnc(C(O)C(O)C2CC2)n1C. The van der Waals surface area contributed by atoms with Crippen LogP contribution in [0.4, 0.5) is 0 Å². The Kier molecular flexibility index (Phi) is 2.28. The number of nitrogens with zero attached hydrogens (tertiary/aromatic N) is 3. The van der Waals surface area contributed by atoms with Gasteiger partial charge in [-0.3, -0.25) is 0 Å². The van der Waals surface area contributed by atoms with Crippen LogP contribution in [0.3, 0.4) is 0 Å². The normalized spacial score (nSPS) is 20.9. The molecule has 0 saturated heterocycles. The monoisotopic (exact) mass is 197 g/mol. The average Bonchev–Trinajstić information content (AvgIpc) is 2.95. The number of aliphatic hydroxyl groups excluding tert-OH is 2. The predicted octanol–water partition coefficient (Wildman–Crippen LogP) is -0.0722. The highest BCUT2D eigenvalue weighted by Crippen LogP contribution is 2.37. The van der Waals surface area contributed by atoms with Gasteiger partial charge in [-0.1, -0.05) is 0 Å². The van der Waals surface area contributed by atoms with E-state index in [1.807, 2.05) is 6.92 Å². The van der Waals surface area contributed by atoms with Crippen LogP contribution in [0.1, 0.15) is 30.6 Å². The molecule has 0 spiro atoms. The van der Waals surface area contributed by atoms with Gasteiger partial charge in [-0.25, -0.2) is 0 Å². The van der Waals surface area contributed by atoms with Crippen LogP contribution in [-0.2, 0) is 7.05 Å². The number of aliphatic hydroxyl groups is 2. The lowest BCUT2D eigenvalue weighted by Gasteiger charge is -2.16. The van der Waals surface area contributed by atoms with Crippen LogP contribution < -0.4 is 0 Å². The number of aryl methyl sites for hydroxylation is 1. The average molecular weight is 197 g/mol. The van der Waals surface area contributed by atoms with E-state index < -0.39 is 12.2 Å². The third kappa shape index (κ3) is 1.53. The van der Waals surface area contributed by atoms with E-state index in [-0.39, 0.29) is 5.92 Å². The standard InChI is InChI=1S/C9H15N3O2/c1-5-10-11-9(12(5)2)8(14)7(13)6-3-4-6/h6-8,13-14H,3-4H2,1-2H3. The Morgan fingerprint density at radius 1 is 1.36 bits per heavy atom. The molecule has 1 aliphatic carbocycles. The summed E-state index contributed by atoms with van der Waals surface area (Å²) in [6.45, 7) is 1.81. The van der Waals surface area contributed by atoms with E-state index in [2.05, 4.69) is 10.2 Å². The van der Waals surface area contributed by atoms with Crippen molar-refractivity contribution in [3.8, 4) is 0 Å². The smallest absolute Gasteiger partial charge is 0.164 e. The molecule has 0 aromatic carbocycles. The highest BCUT2D eigenvalue weighted by atomic mass is 16.3. The number of hydrogen-bond acceptors (Lipinski definition) is 4. The van der Waals surface area contributed by atoms with E-state index in [4.69, 9.17) is 0 Å². The summed E-state index contributed by atoms with van der Waals surface area (Å²) in [5, 5.41) is 27.2. The van der Waals surface area contributed by atoms with Gasteiger partial charge >= 0.3 is 0 Å². The molecule has 1 aliphatic rings. The molecule has 2 atom stereocenters. The third-order valence-corrected chi connectivity index (χ3v) is 2.82. The van der Waals surface area contributed by atoms with Gasteiger partial charge in [0.05, 0.1) is 6.10 Å². The van der Waals surface area contributed by atoms with Crippen LogP contribution in [0, 0.1) is 12.8 Å². The molecule has 1 fully saturated rings. The summed E-state index contributed by atoms with van der Waals surface area (Å²) < 4.78 is 1.70. The van der Waals surface area contributed by atoms with E-state index in [1.54, 1.807) is 11.6 Å². The first-order valence-corrected chi connectivity index (χ1v) is 4.83. The molecule has 0 bridgehead atoms. The van der Waals surface area contributed by atoms with Gasteiger partial charge in [0.25, 0.3) is 0 Å².